The Labute approximate surface area is 228 Å². The molecule has 4 aromatic carbocycles. The van der Waals surface area contributed by atoms with E-state index in [1.807, 2.05) is 42.5 Å². The zero-order chi connectivity index (χ0) is 27.3. The van der Waals surface area contributed by atoms with E-state index in [0.717, 1.165) is 40.7 Å². The number of fused-ring (bicyclic) bond motifs is 3. The van der Waals surface area contributed by atoms with Crippen molar-refractivity contribution in [3.63, 3.8) is 0 Å². The molecule has 188 valence electrons. The van der Waals surface area contributed by atoms with E-state index in [4.69, 9.17) is 0 Å². The molecule has 38 heavy (non-hydrogen) atoms. The number of rotatable bonds is 10. The molecule has 0 aliphatic rings. The van der Waals surface area contributed by atoms with Crippen LogP contribution in [0.3, 0.4) is 0 Å². The van der Waals surface area contributed by atoms with Crippen LogP contribution in [-0.2, 0) is 0 Å². The van der Waals surface area contributed by atoms with Crippen molar-refractivity contribution < 1.29 is 0 Å². The first-order chi connectivity index (χ1) is 18.5. The van der Waals surface area contributed by atoms with Gasteiger partial charge < -0.3 is 0 Å². The lowest BCUT2D eigenvalue weighted by atomic mass is 9.92. The molecule has 0 atom stereocenters. The lowest BCUT2D eigenvalue weighted by Crippen LogP contribution is -1.88. The quantitative estimate of drug-likeness (QED) is 0.117. The van der Waals surface area contributed by atoms with Crippen molar-refractivity contribution in [2.45, 2.75) is 12.8 Å². The monoisotopic (exact) mass is 492 g/mol. The van der Waals surface area contributed by atoms with Crippen molar-refractivity contribution in [2.24, 2.45) is 0 Å². The van der Waals surface area contributed by atoms with E-state index < -0.39 is 0 Å². The van der Waals surface area contributed by atoms with Gasteiger partial charge in [-0.3, -0.25) is 0 Å². The molecule has 0 heterocycles. The molecule has 4 rings (SSSR count). The van der Waals surface area contributed by atoms with Crippen LogP contribution in [0.4, 0.5) is 0 Å². The average Bonchev–Trinajstić information content (AvgIpc) is 2.97. The highest BCUT2D eigenvalue weighted by atomic mass is 14.1. The van der Waals surface area contributed by atoms with Gasteiger partial charge in [0.15, 0.2) is 0 Å². The Morgan fingerprint density at radius 1 is 0.711 bits per heavy atom. The molecule has 0 aromatic heterocycles. The molecule has 0 fully saturated rings. The standard InChI is InChI=1S/C26H20.C12H16/c1-3-20(17-19(2)21-11-5-4-6-12-21)26-18-22-13-7-8-14-23(22)24-15-9-10-16-25(24)26;1-5-7-9-11(3)12(4)10-8-6-2/h3-18H,1-2H2;5-7,9H,1-4,8,10H2/b20-17+;9-7-. The Bertz CT molecular complexity index is 1540. The van der Waals surface area contributed by atoms with Crippen LogP contribution in [0.1, 0.15) is 24.0 Å². The second-order valence-electron chi connectivity index (χ2n) is 8.94. The number of benzene rings is 4. The second-order valence-corrected chi connectivity index (χ2v) is 8.94. The molecule has 0 bridgehead atoms. The number of allylic oxidation sites excluding steroid dienone is 10. The first-order valence-electron chi connectivity index (χ1n) is 12.8. The predicted molar refractivity (Wildman–Crippen MR) is 172 cm³/mol. The highest BCUT2D eigenvalue weighted by molar-refractivity contribution is 6.13. The number of hydrogen-bond donors (Lipinski definition) is 0. The van der Waals surface area contributed by atoms with Gasteiger partial charge >= 0.3 is 0 Å². The average molecular weight is 493 g/mol. The summed E-state index contributed by atoms with van der Waals surface area (Å²) in [6.45, 7) is 23.3. The molecule has 0 aliphatic carbocycles. The van der Waals surface area contributed by atoms with Gasteiger partial charge in [0.1, 0.15) is 0 Å². The Balaban J connectivity index is 0.000000284. The summed E-state index contributed by atoms with van der Waals surface area (Å²) in [4.78, 5) is 0. The van der Waals surface area contributed by atoms with Crippen LogP contribution in [-0.4, -0.2) is 0 Å². The predicted octanol–water partition coefficient (Wildman–Crippen LogP) is 11.1. The van der Waals surface area contributed by atoms with Gasteiger partial charge in [0.05, 0.1) is 0 Å². The number of hydrogen-bond acceptors (Lipinski definition) is 0. The summed E-state index contributed by atoms with van der Waals surface area (Å²) in [6.07, 6.45) is 13.3. The van der Waals surface area contributed by atoms with Crippen LogP contribution >= 0.6 is 0 Å². The van der Waals surface area contributed by atoms with Crippen LogP contribution in [0.2, 0.25) is 0 Å². The normalized spacial score (nSPS) is 11.0. The van der Waals surface area contributed by atoms with Crippen molar-refractivity contribution >= 4 is 32.7 Å². The van der Waals surface area contributed by atoms with E-state index in [1.165, 1.54) is 27.1 Å². The molecule has 0 N–H and O–H groups in total. The van der Waals surface area contributed by atoms with Crippen LogP contribution in [0, 0.1) is 0 Å². The van der Waals surface area contributed by atoms with E-state index in [1.54, 1.807) is 6.08 Å². The summed E-state index contributed by atoms with van der Waals surface area (Å²) in [7, 11) is 0. The summed E-state index contributed by atoms with van der Waals surface area (Å²) in [5.41, 5.74) is 6.41. The summed E-state index contributed by atoms with van der Waals surface area (Å²) in [6, 6.07) is 29.6. The molecule has 0 aliphatic heterocycles. The zero-order valence-corrected chi connectivity index (χ0v) is 22.2. The van der Waals surface area contributed by atoms with Gasteiger partial charge in [-0.15, -0.1) is 6.58 Å². The van der Waals surface area contributed by atoms with Crippen molar-refractivity contribution in [1.82, 2.24) is 0 Å². The van der Waals surface area contributed by atoms with E-state index in [9.17, 15) is 0 Å². The highest BCUT2D eigenvalue weighted by Gasteiger charge is 2.09. The molecule has 4 aromatic rings. The van der Waals surface area contributed by atoms with Gasteiger partial charge in [-0.05, 0) is 79.9 Å². The summed E-state index contributed by atoms with van der Waals surface area (Å²) in [5, 5.41) is 5.01. The van der Waals surface area contributed by atoms with E-state index in [0.29, 0.717) is 0 Å². The Morgan fingerprint density at radius 2 is 1.34 bits per heavy atom. The first-order valence-corrected chi connectivity index (χ1v) is 12.8. The fraction of sp³-hybridized carbons (Fsp3) is 0.0526. The third kappa shape index (κ3) is 7.18. The van der Waals surface area contributed by atoms with Crippen LogP contribution in [0.5, 0.6) is 0 Å². The maximum atomic E-state index is 4.26. The lowest BCUT2D eigenvalue weighted by molar-refractivity contribution is 1.00. The Morgan fingerprint density at radius 3 is 2.00 bits per heavy atom. The smallest absolute Gasteiger partial charge is 0.00990 e. The minimum Gasteiger partial charge on any atom is -0.103 e. The van der Waals surface area contributed by atoms with Gasteiger partial charge in [0.2, 0.25) is 0 Å². The highest BCUT2D eigenvalue weighted by Crippen LogP contribution is 2.34. The molecule has 0 radical (unpaired) electrons. The third-order valence-electron chi connectivity index (χ3n) is 6.31. The minimum absolute atomic E-state index is 0.934. The van der Waals surface area contributed by atoms with Crippen LogP contribution in [0.15, 0.2) is 172 Å². The second kappa shape index (κ2) is 14.2. The SMILES string of the molecule is C=C/C(=C\C(=C)c1ccccc1)c1cc2ccccc2c2ccccc12.C=C/C=C\C(=C)C(=C)CCC=C. The molecule has 0 nitrogen and oxygen atoms in total. The van der Waals surface area contributed by atoms with E-state index in [-0.39, 0.29) is 0 Å². The lowest BCUT2D eigenvalue weighted by Gasteiger charge is -2.12. The van der Waals surface area contributed by atoms with Gasteiger partial charge in [-0.1, -0.05) is 142 Å². The maximum Gasteiger partial charge on any atom is -0.00990 e. The van der Waals surface area contributed by atoms with E-state index in [2.05, 4.69) is 112 Å². The third-order valence-corrected chi connectivity index (χ3v) is 6.31. The molecule has 0 saturated carbocycles. The van der Waals surface area contributed by atoms with Crippen molar-refractivity contribution in [2.75, 3.05) is 0 Å². The van der Waals surface area contributed by atoms with Crippen molar-refractivity contribution in [3.8, 4) is 0 Å². The van der Waals surface area contributed by atoms with Crippen LogP contribution in [0.25, 0.3) is 32.7 Å². The van der Waals surface area contributed by atoms with Gasteiger partial charge in [-0.25, -0.2) is 0 Å². The van der Waals surface area contributed by atoms with Crippen LogP contribution < -0.4 is 0 Å². The van der Waals surface area contributed by atoms with E-state index >= 15 is 0 Å². The zero-order valence-electron chi connectivity index (χ0n) is 22.2. The molecule has 0 unspecified atom stereocenters. The molecule has 0 saturated heterocycles. The Kier molecular flexibility index (Phi) is 10.4. The molecular formula is C38H36. The fourth-order valence-electron chi connectivity index (χ4n) is 4.20. The summed E-state index contributed by atoms with van der Waals surface area (Å²) < 4.78 is 0. The van der Waals surface area contributed by atoms with Gasteiger partial charge in [0, 0.05) is 0 Å². The molecular weight excluding hydrogens is 456 g/mol. The summed E-state index contributed by atoms with van der Waals surface area (Å²) in [5.74, 6) is 0. The molecule has 0 amide bonds. The maximum absolute atomic E-state index is 4.26. The topological polar surface area (TPSA) is 0 Å². The van der Waals surface area contributed by atoms with Crippen molar-refractivity contribution in [1.29, 1.82) is 0 Å². The van der Waals surface area contributed by atoms with Gasteiger partial charge in [0.25, 0.3) is 0 Å². The molecule has 0 heteroatoms. The summed E-state index contributed by atoms with van der Waals surface area (Å²) >= 11 is 0. The van der Waals surface area contributed by atoms with Gasteiger partial charge in [-0.2, -0.15) is 0 Å². The largest absolute Gasteiger partial charge is 0.103 e. The minimum atomic E-state index is 0.934. The molecule has 0 spiro atoms. The first kappa shape index (κ1) is 27.9. The van der Waals surface area contributed by atoms with Crippen molar-refractivity contribution in [3.05, 3.63) is 183 Å². The Hall–Kier alpha value is -4.68. The fourth-order valence-corrected chi connectivity index (χ4v) is 4.20.